The molecule has 0 bridgehead atoms. The van der Waals surface area contributed by atoms with Crippen LogP contribution < -0.4 is 5.32 Å². The lowest BCUT2D eigenvalue weighted by Crippen LogP contribution is -2.08. The molecule has 0 radical (unpaired) electrons. The maximum Gasteiger partial charge on any atom is 0.248 e. The van der Waals surface area contributed by atoms with E-state index in [4.69, 9.17) is 11.6 Å². The Morgan fingerprint density at radius 1 is 1.17 bits per heavy atom. The first-order valence-corrected chi connectivity index (χ1v) is 7.73. The molecule has 0 aliphatic rings. The number of benzene rings is 2. The summed E-state index contributed by atoms with van der Waals surface area (Å²) >= 11 is 6.05. The Labute approximate surface area is 144 Å². The molecule has 120 valence electrons. The van der Waals surface area contributed by atoms with E-state index in [1.165, 1.54) is 12.4 Å². The van der Waals surface area contributed by atoms with Crippen LogP contribution in [0.15, 0.2) is 67.3 Å². The first-order chi connectivity index (χ1) is 11.7. The van der Waals surface area contributed by atoms with Crippen LogP contribution >= 0.6 is 11.6 Å². The van der Waals surface area contributed by atoms with Gasteiger partial charge in [0.05, 0.1) is 6.54 Å². The van der Waals surface area contributed by atoms with Gasteiger partial charge in [-0.1, -0.05) is 41.9 Å². The van der Waals surface area contributed by atoms with E-state index >= 15 is 0 Å². The van der Waals surface area contributed by atoms with Gasteiger partial charge in [0.2, 0.25) is 5.91 Å². The van der Waals surface area contributed by atoms with Gasteiger partial charge >= 0.3 is 0 Å². The second kappa shape index (κ2) is 7.57. The summed E-state index contributed by atoms with van der Waals surface area (Å²) in [5, 5.41) is 7.48. The van der Waals surface area contributed by atoms with Crippen LogP contribution in [-0.2, 0) is 11.3 Å². The number of hydrogen-bond acceptors (Lipinski definition) is 3. The third-order valence-corrected chi connectivity index (χ3v) is 3.70. The van der Waals surface area contributed by atoms with Crippen LogP contribution in [-0.4, -0.2) is 20.7 Å². The molecular weight excluding hydrogens is 324 g/mol. The van der Waals surface area contributed by atoms with Crippen molar-refractivity contribution >= 4 is 29.3 Å². The van der Waals surface area contributed by atoms with Gasteiger partial charge in [-0.2, -0.15) is 5.10 Å². The Hall–Kier alpha value is -2.92. The van der Waals surface area contributed by atoms with Crippen molar-refractivity contribution in [3.8, 4) is 0 Å². The molecule has 0 saturated carbocycles. The van der Waals surface area contributed by atoms with Gasteiger partial charge in [-0.05, 0) is 35.4 Å². The third-order valence-electron chi connectivity index (χ3n) is 3.35. The minimum Gasteiger partial charge on any atom is -0.323 e. The van der Waals surface area contributed by atoms with E-state index in [0.717, 1.165) is 16.8 Å². The lowest BCUT2D eigenvalue weighted by atomic mass is 10.2. The third kappa shape index (κ3) is 4.30. The predicted octanol–water partition coefficient (Wildman–Crippen LogP) is 3.63. The maximum absolute atomic E-state index is 12.0. The Kier molecular flexibility index (Phi) is 5.03. The number of nitrogens with one attached hydrogen (secondary N) is 1. The van der Waals surface area contributed by atoms with E-state index in [2.05, 4.69) is 15.4 Å². The number of hydrogen-bond donors (Lipinski definition) is 1. The zero-order valence-electron chi connectivity index (χ0n) is 12.8. The normalized spacial score (nSPS) is 10.9. The fourth-order valence-corrected chi connectivity index (χ4v) is 2.35. The highest BCUT2D eigenvalue weighted by Crippen LogP contribution is 2.16. The first-order valence-electron chi connectivity index (χ1n) is 7.36. The van der Waals surface area contributed by atoms with Gasteiger partial charge in [-0.3, -0.25) is 4.79 Å². The molecule has 0 fully saturated rings. The van der Waals surface area contributed by atoms with Gasteiger partial charge in [0, 0.05) is 16.8 Å². The number of aromatic nitrogens is 3. The van der Waals surface area contributed by atoms with Crippen LogP contribution in [0.25, 0.3) is 6.08 Å². The molecule has 1 amide bonds. The molecule has 3 rings (SSSR count). The SMILES string of the molecule is O=C(C=Cc1ccccc1Cl)Nc1ccc(Cn2cncn2)cc1. The predicted molar refractivity (Wildman–Crippen MR) is 94.7 cm³/mol. The minimum atomic E-state index is -0.209. The summed E-state index contributed by atoms with van der Waals surface area (Å²) in [6.45, 7) is 0.640. The van der Waals surface area contributed by atoms with Crippen LogP contribution in [0, 0.1) is 0 Å². The van der Waals surface area contributed by atoms with Gasteiger partial charge < -0.3 is 5.32 Å². The zero-order valence-corrected chi connectivity index (χ0v) is 13.5. The smallest absolute Gasteiger partial charge is 0.248 e. The van der Waals surface area contributed by atoms with E-state index < -0.39 is 0 Å². The van der Waals surface area contributed by atoms with Crippen molar-refractivity contribution in [1.82, 2.24) is 14.8 Å². The van der Waals surface area contributed by atoms with E-state index in [1.807, 2.05) is 42.5 Å². The van der Waals surface area contributed by atoms with E-state index in [1.54, 1.807) is 23.2 Å². The molecule has 1 heterocycles. The number of rotatable bonds is 5. The molecule has 1 N–H and O–H groups in total. The largest absolute Gasteiger partial charge is 0.323 e. The second-order valence-electron chi connectivity index (χ2n) is 5.13. The highest BCUT2D eigenvalue weighted by atomic mass is 35.5. The summed E-state index contributed by atoms with van der Waals surface area (Å²) in [7, 11) is 0. The lowest BCUT2D eigenvalue weighted by molar-refractivity contribution is -0.111. The first kappa shape index (κ1) is 16.0. The second-order valence-corrected chi connectivity index (χ2v) is 5.54. The fraction of sp³-hybridized carbons (Fsp3) is 0.0556. The number of anilines is 1. The number of halogens is 1. The molecule has 0 aliphatic heterocycles. The van der Waals surface area contributed by atoms with Crippen molar-refractivity contribution in [2.75, 3.05) is 5.32 Å². The van der Waals surface area contributed by atoms with Crippen molar-refractivity contribution < 1.29 is 4.79 Å². The summed E-state index contributed by atoms with van der Waals surface area (Å²) in [5.41, 5.74) is 2.61. The molecule has 1 aromatic heterocycles. The highest BCUT2D eigenvalue weighted by molar-refractivity contribution is 6.32. The molecular formula is C18H15ClN4O. The summed E-state index contributed by atoms with van der Waals surface area (Å²) in [6.07, 6.45) is 6.32. The Bertz CT molecular complexity index is 842. The molecule has 0 atom stereocenters. The van der Waals surface area contributed by atoms with Crippen LogP contribution in [0.3, 0.4) is 0 Å². The lowest BCUT2D eigenvalue weighted by Gasteiger charge is -2.05. The average molecular weight is 339 g/mol. The standard InChI is InChI=1S/C18H15ClN4O/c19-17-4-2-1-3-15(17)7-10-18(24)22-16-8-5-14(6-9-16)11-23-13-20-12-21-23/h1-10,12-13H,11H2,(H,22,24). The Balaban J connectivity index is 1.59. The molecule has 5 nitrogen and oxygen atoms in total. The van der Waals surface area contributed by atoms with Crippen LogP contribution in [0.5, 0.6) is 0 Å². The van der Waals surface area contributed by atoms with Gasteiger partial charge in [0.15, 0.2) is 0 Å². The monoisotopic (exact) mass is 338 g/mol. The number of carbonyl (C=O) groups excluding carboxylic acids is 1. The fourth-order valence-electron chi connectivity index (χ4n) is 2.15. The van der Waals surface area contributed by atoms with Crippen molar-refractivity contribution in [2.24, 2.45) is 0 Å². The highest BCUT2D eigenvalue weighted by Gasteiger charge is 2.01. The molecule has 6 heteroatoms. The molecule has 0 spiro atoms. The van der Waals surface area contributed by atoms with E-state index in [9.17, 15) is 4.79 Å². The van der Waals surface area contributed by atoms with Gasteiger partial charge in [0.25, 0.3) is 0 Å². The Morgan fingerprint density at radius 3 is 2.67 bits per heavy atom. The van der Waals surface area contributed by atoms with Gasteiger partial charge in [-0.15, -0.1) is 0 Å². The van der Waals surface area contributed by atoms with E-state index in [-0.39, 0.29) is 5.91 Å². The number of carbonyl (C=O) groups is 1. The molecule has 0 saturated heterocycles. The summed E-state index contributed by atoms with van der Waals surface area (Å²) in [5.74, 6) is -0.209. The van der Waals surface area contributed by atoms with Gasteiger partial charge in [0.1, 0.15) is 12.7 Å². The summed E-state index contributed by atoms with van der Waals surface area (Å²) in [6, 6.07) is 14.9. The van der Waals surface area contributed by atoms with Crippen molar-refractivity contribution in [3.63, 3.8) is 0 Å². The minimum absolute atomic E-state index is 0.209. The van der Waals surface area contributed by atoms with Crippen LogP contribution in [0.4, 0.5) is 5.69 Å². The zero-order chi connectivity index (χ0) is 16.8. The van der Waals surface area contributed by atoms with E-state index in [0.29, 0.717) is 11.6 Å². The molecule has 0 unspecified atom stereocenters. The molecule has 3 aromatic rings. The van der Waals surface area contributed by atoms with Crippen LogP contribution in [0.1, 0.15) is 11.1 Å². The van der Waals surface area contributed by atoms with Crippen molar-refractivity contribution in [2.45, 2.75) is 6.54 Å². The number of amides is 1. The molecule has 2 aromatic carbocycles. The topological polar surface area (TPSA) is 59.8 Å². The van der Waals surface area contributed by atoms with Gasteiger partial charge in [-0.25, -0.2) is 9.67 Å². The molecule has 0 aliphatic carbocycles. The van der Waals surface area contributed by atoms with Crippen LogP contribution in [0.2, 0.25) is 5.02 Å². The number of nitrogens with zero attached hydrogens (tertiary/aromatic N) is 3. The van der Waals surface area contributed by atoms with Crippen molar-refractivity contribution in [3.05, 3.63) is 83.4 Å². The Morgan fingerprint density at radius 2 is 1.96 bits per heavy atom. The average Bonchev–Trinajstić information content (AvgIpc) is 3.09. The van der Waals surface area contributed by atoms with Crippen molar-refractivity contribution in [1.29, 1.82) is 0 Å². The summed E-state index contributed by atoms with van der Waals surface area (Å²) in [4.78, 5) is 15.9. The molecule has 24 heavy (non-hydrogen) atoms. The summed E-state index contributed by atoms with van der Waals surface area (Å²) < 4.78 is 1.74. The maximum atomic E-state index is 12.0. The quantitative estimate of drug-likeness (QED) is 0.723.